The maximum atomic E-state index is 11.4. The second-order valence-corrected chi connectivity index (χ2v) is 4.04. The first-order valence-corrected chi connectivity index (χ1v) is 5.42. The number of carbonyl (C=O) groups is 3. The van der Waals surface area contributed by atoms with Crippen molar-refractivity contribution in [2.24, 2.45) is 5.92 Å². The van der Waals surface area contributed by atoms with Gasteiger partial charge in [0, 0.05) is 19.1 Å². The Morgan fingerprint density at radius 3 is 2.75 bits per heavy atom. The molecular formula is C10H14N2O4. The minimum Gasteiger partial charge on any atom is -0.378 e. The normalized spacial score (nSPS) is 30.1. The first-order valence-electron chi connectivity index (χ1n) is 5.42. The van der Waals surface area contributed by atoms with Crippen LogP contribution in [-0.2, 0) is 14.3 Å². The maximum Gasteiger partial charge on any atom is 0.331 e. The van der Waals surface area contributed by atoms with E-state index in [1.165, 1.54) is 0 Å². The number of hydrogen-bond acceptors (Lipinski definition) is 4. The smallest absolute Gasteiger partial charge is 0.331 e. The highest BCUT2D eigenvalue weighted by Gasteiger charge is 2.40. The van der Waals surface area contributed by atoms with Crippen LogP contribution in [0.3, 0.4) is 0 Å². The molecular weight excluding hydrogens is 212 g/mol. The zero-order valence-corrected chi connectivity index (χ0v) is 9.06. The third kappa shape index (κ3) is 1.80. The van der Waals surface area contributed by atoms with Crippen LogP contribution in [0, 0.1) is 5.92 Å². The number of imide groups is 2. The van der Waals surface area contributed by atoms with Crippen molar-refractivity contribution >= 4 is 17.8 Å². The fourth-order valence-corrected chi connectivity index (χ4v) is 2.19. The predicted molar refractivity (Wildman–Crippen MR) is 53.4 cm³/mol. The molecule has 88 valence electrons. The van der Waals surface area contributed by atoms with Crippen LogP contribution in [0.25, 0.3) is 0 Å². The highest BCUT2D eigenvalue weighted by atomic mass is 16.5. The molecule has 0 aromatic rings. The molecule has 2 rings (SSSR count). The minimum absolute atomic E-state index is 0.0799. The average molecular weight is 226 g/mol. The second-order valence-electron chi connectivity index (χ2n) is 4.04. The summed E-state index contributed by atoms with van der Waals surface area (Å²) in [6.45, 7) is 2.93. The van der Waals surface area contributed by atoms with Gasteiger partial charge in [-0.2, -0.15) is 0 Å². The number of rotatable bonds is 3. The van der Waals surface area contributed by atoms with Crippen molar-refractivity contribution in [3.8, 4) is 0 Å². The van der Waals surface area contributed by atoms with E-state index >= 15 is 0 Å². The molecule has 2 saturated heterocycles. The van der Waals surface area contributed by atoms with Gasteiger partial charge < -0.3 is 4.74 Å². The molecule has 1 N–H and O–H groups in total. The number of carbonyl (C=O) groups excluding carboxylic acids is 3. The fraction of sp³-hybridized carbons (Fsp3) is 0.700. The predicted octanol–water partition coefficient (Wildman–Crippen LogP) is -0.120. The van der Waals surface area contributed by atoms with Crippen molar-refractivity contribution in [1.29, 1.82) is 0 Å². The van der Waals surface area contributed by atoms with Gasteiger partial charge in [-0.3, -0.25) is 19.8 Å². The van der Waals surface area contributed by atoms with Gasteiger partial charge in [0.05, 0.1) is 6.10 Å². The van der Waals surface area contributed by atoms with Gasteiger partial charge in [-0.25, -0.2) is 4.79 Å². The minimum atomic E-state index is -0.836. The number of hydrogen-bond donors (Lipinski definition) is 1. The summed E-state index contributed by atoms with van der Waals surface area (Å²) in [5.41, 5.74) is 0. The van der Waals surface area contributed by atoms with E-state index in [4.69, 9.17) is 4.74 Å². The Hall–Kier alpha value is -1.43. The quantitative estimate of drug-likeness (QED) is 0.537. The Balaban J connectivity index is 2.01. The molecule has 2 unspecified atom stereocenters. The van der Waals surface area contributed by atoms with E-state index in [2.05, 4.69) is 0 Å². The number of ether oxygens (including phenoxy) is 1. The summed E-state index contributed by atoms with van der Waals surface area (Å²) in [5, 5.41) is 1.98. The van der Waals surface area contributed by atoms with E-state index in [0.717, 1.165) is 17.7 Å². The average Bonchev–Trinajstić information content (AvgIpc) is 2.79. The van der Waals surface area contributed by atoms with Crippen LogP contribution in [0.2, 0.25) is 0 Å². The second kappa shape index (κ2) is 4.21. The van der Waals surface area contributed by atoms with Crippen LogP contribution in [0.1, 0.15) is 19.8 Å². The summed E-state index contributed by atoms with van der Waals surface area (Å²) in [7, 11) is 0. The molecule has 0 radical (unpaired) electrons. The van der Waals surface area contributed by atoms with Crippen molar-refractivity contribution in [2.45, 2.75) is 25.9 Å². The van der Waals surface area contributed by atoms with Crippen molar-refractivity contribution in [1.82, 2.24) is 10.2 Å². The molecule has 0 bridgehead atoms. The van der Waals surface area contributed by atoms with Gasteiger partial charge in [-0.15, -0.1) is 0 Å². The van der Waals surface area contributed by atoms with Gasteiger partial charge in [0.25, 0.3) is 0 Å². The third-order valence-electron chi connectivity index (χ3n) is 3.07. The van der Waals surface area contributed by atoms with Gasteiger partial charge in [0.15, 0.2) is 0 Å². The van der Waals surface area contributed by atoms with Gasteiger partial charge >= 0.3 is 17.8 Å². The number of nitrogens with one attached hydrogen (secondary N) is 1. The lowest BCUT2D eigenvalue weighted by atomic mass is 9.99. The van der Waals surface area contributed by atoms with Crippen LogP contribution in [0.4, 0.5) is 4.79 Å². The van der Waals surface area contributed by atoms with Gasteiger partial charge in [0.2, 0.25) is 0 Å². The number of amides is 4. The largest absolute Gasteiger partial charge is 0.378 e. The summed E-state index contributed by atoms with van der Waals surface area (Å²) in [5.74, 6) is -1.45. The molecule has 4 amide bonds. The first-order chi connectivity index (χ1) is 7.63. The Morgan fingerprint density at radius 2 is 2.19 bits per heavy atom. The zero-order valence-electron chi connectivity index (χ0n) is 9.06. The van der Waals surface area contributed by atoms with Crippen LogP contribution >= 0.6 is 0 Å². The first kappa shape index (κ1) is 11.1. The van der Waals surface area contributed by atoms with Crippen molar-refractivity contribution in [3.05, 3.63) is 0 Å². The molecule has 2 aliphatic rings. The van der Waals surface area contributed by atoms with Crippen LogP contribution < -0.4 is 5.32 Å². The molecule has 0 saturated carbocycles. The molecule has 0 spiro atoms. The number of urea groups is 1. The van der Waals surface area contributed by atoms with Gasteiger partial charge in [0.1, 0.15) is 0 Å². The molecule has 2 heterocycles. The summed E-state index contributed by atoms with van der Waals surface area (Å²) in [4.78, 5) is 34.6. The molecule has 0 aromatic carbocycles. The van der Waals surface area contributed by atoms with Crippen LogP contribution in [-0.4, -0.2) is 42.0 Å². The summed E-state index contributed by atoms with van der Waals surface area (Å²) < 4.78 is 5.47. The summed E-state index contributed by atoms with van der Waals surface area (Å²) in [6.07, 6.45) is 1.75. The van der Waals surface area contributed by atoms with E-state index in [9.17, 15) is 14.4 Å². The van der Waals surface area contributed by atoms with E-state index in [1.807, 2.05) is 12.2 Å². The van der Waals surface area contributed by atoms with E-state index in [1.54, 1.807) is 0 Å². The Labute approximate surface area is 92.9 Å². The number of nitrogens with zero attached hydrogens (tertiary/aromatic N) is 1. The highest BCUT2D eigenvalue weighted by Crippen LogP contribution is 2.24. The van der Waals surface area contributed by atoms with Crippen molar-refractivity contribution in [3.63, 3.8) is 0 Å². The Morgan fingerprint density at radius 1 is 1.44 bits per heavy atom. The Bertz CT molecular complexity index is 342. The topological polar surface area (TPSA) is 75.7 Å². The summed E-state index contributed by atoms with van der Waals surface area (Å²) in [6, 6.07) is -0.614. The van der Waals surface area contributed by atoms with E-state index in [0.29, 0.717) is 6.61 Å². The molecule has 2 atom stereocenters. The molecule has 6 heteroatoms. The SMILES string of the molecule is CCC1OCCC1CN1C(=O)NC(=O)C1=O. The fourth-order valence-electron chi connectivity index (χ4n) is 2.19. The third-order valence-corrected chi connectivity index (χ3v) is 3.07. The Kier molecular flexibility index (Phi) is 2.91. The molecule has 0 aliphatic carbocycles. The van der Waals surface area contributed by atoms with Crippen molar-refractivity contribution in [2.75, 3.05) is 13.2 Å². The molecule has 16 heavy (non-hydrogen) atoms. The van der Waals surface area contributed by atoms with Gasteiger partial charge in [-0.05, 0) is 12.8 Å². The molecule has 2 fully saturated rings. The molecule has 0 aromatic heterocycles. The lowest BCUT2D eigenvalue weighted by molar-refractivity contribution is -0.140. The summed E-state index contributed by atoms with van der Waals surface area (Å²) >= 11 is 0. The van der Waals surface area contributed by atoms with Crippen LogP contribution in [0.15, 0.2) is 0 Å². The van der Waals surface area contributed by atoms with Crippen molar-refractivity contribution < 1.29 is 19.1 Å². The highest BCUT2D eigenvalue weighted by molar-refractivity contribution is 6.44. The van der Waals surface area contributed by atoms with E-state index < -0.39 is 17.8 Å². The maximum absolute atomic E-state index is 11.4. The molecule has 2 aliphatic heterocycles. The molecule has 6 nitrogen and oxygen atoms in total. The monoisotopic (exact) mass is 226 g/mol. The lowest BCUT2D eigenvalue weighted by Crippen LogP contribution is -2.37. The van der Waals surface area contributed by atoms with E-state index in [-0.39, 0.29) is 18.6 Å². The zero-order chi connectivity index (χ0) is 11.7. The standard InChI is InChI=1S/C10H14N2O4/c1-2-7-6(3-4-16-7)5-12-9(14)8(13)11-10(12)15/h6-7H,2-5H2,1H3,(H,11,13,15). The van der Waals surface area contributed by atoms with Gasteiger partial charge in [-0.1, -0.05) is 6.92 Å². The lowest BCUT2D eigenvalue weighted by Gasteiger charge is -2.20. The van der Waals surface area contributed by atoms with Crippen LogP contribution in [0.5, 0.6) is 0 Å².